The van der Waals surface area contributed by atoms with Crippen molar-refractivity contribution in [3.8, 4) is 0 Å². The summed E-state index contributed by atoms with van der Waals surface area (Å²) in [6, 6.07) is 0. The molecule has 0 amide bonds. The Labute approximate surface area is 84.3 Å². The van der Waals surface area contributed by atoms with Crippen LogP contribution in [0.1, 0.15) is 0 Å². The summed E-state index contributed by atoms with van der Waals surface area (Å²) in [5, 5.41) is 10.6. The van der Waals surface area contributed by atoms with Crippen LogP contribution in [0.4, 0.5) is 0 Å². The SMILES string of the molecule is CS/C=C\SC=C1SC=CS1. The quantitative estimate of drug-likeness (QED) is 0.695. The van der Waals surface area contributed by atoms with E-state index in [1.54, 1.807) is 47.0 Å². The van der Waals surface area contributed by atoms with Crippen LogP contribution in [0, 0.1) is 0 Å². The Morgan fingerprint density at radius 1 is 1.27 bits per heavy atom. The first-order valence-electron chi connectivity index (χ1n) is 2.95. The van der Waals surface area contributed by atoms with E-state index in [4.69, 9.17) is 0 Å². The first kappa shape index (κ1) is 9.71. The zero-order chi connectivity index (χ0) is 7.94. The van der Waals surface area contributed by atoms with Gasteiger partial charge in [-0.05, 0) is 33.3 Å². The minimum absolute atomic E-state index is 1.36. The molecule has 0 aromatic rings. The van der Waals surface area contributed by atoms with Gasteiger partial charge in [0.05, 0.1) is 4.24 Å². The fourth-order valence-corrected chi connectivity index (χ4v) is 3.39. The first-order chi connectivity index (χ1) is 5.43. The fraction of sp³-hybridized carbons (Fsp3) is 0.143. The Morgan fingerprint density at radius 2 is 2.00 bits per heavy atom. The molecule has 0 unspecified atom stereocenters. The molecule has 0 radical (unpaired) electrons. The molecule has 0 aliphatic carbocycles. The topological polar surface area (TPSA) is 0 Å². The zero-order valence-corrected chi connectivity index (χ0v) is 9.29. The summed E-state index contributed by atoms with van der Waals surface area (Å²) < 4.78 is 1.36. The summed E-state index contributed by atoms with van der Waals surface area (Å²) in [6.45, 7) is 0. The van der Waals surface area contributed by atoms with Crippen molar-refractivity contribution in [2.45, 2.75) is 0 Å². The third kappa shape index (κ3) is 4.25. The van der Waals surface area contributed by atoms with Crippen LogP contribution in [0.3, 0.4) is 0 Å². The highest BCUT2D eigenvalue weighted by molar-refractivity contribution is 8.28. The molecule has 0 saturated heterocycles. The molecule has 1 rings (SSSR count). The van der Waals surface area contributed by atoms with Gasteiger partial charge in [0, 0.05) is 0 Å². The van der Waals surface area contributed by atoms with E-state index >= 15 is 0 Å². The predicted molar refractivity (Wildman–Crippen MR) is 62.7 cm³/mol. The van der Waals surface area contributed by atoms with Crippen LogP contribution in [-0.4, -0.2) is 6.26 Å². The van der Waals surface area contributed by atoms with Crippen LogP contribution < -0.4 is 0 Å². The maximum absolute atomic E-state index is 2.17. The van der Waals surface area contributed by atoms with Gasteiger partial charge < -0.3 is 0 Å². The van der Waals surface area contributed by atoms with E-state index in [0.29, 0.717) is 0 Å². The number of thioether (sulfide) groups is 4. The van der Waals surface area contributed by atoms with Crippen LogP contribution in [-0.2, 0) is 0 Å². The third-order valence-electron chi connectivity index (χ3n) is 0.858. The lowest BCUT2D eigenvalue weighted by molar-refractivity contribution is 2.40. The van der Waals surface area contributed by atoms with Gasteiger partial charge in [-0.25, -0.2) is 0 Å². The molecule has 0 aromatic carbocycles. The molecular formula is C7H8S4. The van der Waals surface area contributed by atoms with Crippen LogP contribution >= 0.6 is 47.0 Å². The van der Waals surface area contributed by atoms with E-state index in [1.807, 2.05) is 0 Å². The minimum Gasteiger partial charge on any atom is -0.137 e. The number of rotatable bonds is 3. The molecule has 0 spiro atoms. The van der Waals surface area contributed by atoms with Gasteiger partial charge in [-0.1, -0.05) is 23.5 Å². The highest BCUT2D eigenvalue weighted by Crippen LogP contribution is 2.38. The van der Waals surface area contributed by atoms with E-state index in [2.05, 4.69) is 33.3 Å². The van der Waals surface area contributed by atoms with Gasteiger partial charge in [0.25, 0.3) is 0 Å². The zero-order valence-electron chi connectivity index (χ0n) is 6.02. The van der Waals surface area contributed by atoms with Gasteiger partial charge in [0.1, 0.15) is 0 Å². The average molecular weight is 220 g/mol. The lowest BCUT2D eigenvalue weighted by Gasteiger charge is -1.89. The molecule has 60 valence electrons. The highest BCUT2D eigenvalue weighted by Gasteiger charge is 1.99. The summed E-state index contributed by atoms with van der Waals surface area (Å²) in [4.78, 5) is 0. The molecule has 0 N–H and O–H groups in total. The maximum Gasteiger partial charge on any atom is 0.0553 e. The molecule has 0 nitrogen and oxygen atoms in total. The van der Waals surface area contributed by atoms with Crippen molar-refractivity contribution in [3.63, 3.8) is 0 Å². The number of hydrogen-bond donors (Lipinski definition) is 0. The van der Waals surface area contributed by atoms with Gasteiger partial charge in [-0.3, -0.25) is 0 Å². The van der Waals surface area contributed by atoms with E-state index in [-0.39, 0.29) is 0 Å². The molecule has 1 aliphatic heterocycles. The highest BCUT2D eigenvalue weighted by atomic mass is 32.2. The van der Waals surface area contributed by atoms with Crippen molar-refractivity contribution in [1.29, 1.82) is 0 Å². The second-order valence-corrected chi connectivity index (χ2v) is 5.27. The second-order valence-electron chi connectivity index (χ2n) is 1.59. The van der Waals surface area contributed by atoms with Crippen molar-refractivity contribution in [2.75, 3.05) is 6.26 Å². The van der Waals surface area contributed by atoms with Gasteiger partial charge in [0.2, 0.25) is 0 Å². The second kappa shape index (κ2) is 6.17. The van der Waals surface area contributed by atoms with Crippen LogP contribution in [0.2, 0.25) is 0 Å². The molecule has 1 heterocycles. The first-order valence-corrected chi connectivity index (χ1v) is 6.94. The third-order valence-corrected chi connectivity index (χ3v) is 4.40. The summed E-state index contributed by atoms with van der Waals surface area (Å²) in [5.74, 6) is 0. The van der Waals surface area contributed by atoms with E-state index in [0.717, 1.165) is 0 Å². The monoisotopic (exact) mass is 220 g/mol. The minimum atomic E-state index is 1.36. The molecular weight excluding hydrogens is 212 g/mol. The summed E-state index contributed by atoms with van der Waals surface area (Å²) in [6.07, 6.45) is 2.06. The van der Waals surface area contributed by atoms with Crippen molar-refractivity contribution in [2.24, 2.45) is 0 Å². The molecule has 0 bridgehead atoms. The summed E-state index contributed by atoms with van der Waals surface area (Å²) in [5.41, 5.74) is 0. The van der Waals surface area contributed by atoms with Crippen molar-refractivity contribution in [3.05, 3.63) is 31.3 Å². The van der Waals surface area contributed by atoms with Crippen molar-refractivity contribution in [1.82, 2.24) is 0 Å². The van der Waals surface area contributed by atoms with Crippen LogP contribution in [0.5, 0.6) is 0 Å². The maximum atomic E-state index is 2.17. The molecule has 1 aliphatic rings. The Hall–Kier alpha value is 0.620. The van der Waals surface area contributed by atoms with Gasteiger partial charge >= 0.3 is 0 Å². The lowest BCUT2D eigenvalue weighted by Crippen LogP contribution is -1.53. The number of hydrogen-bond acceptors (Lipinski definition) is 4. The van der Waals surface area contributed by atoms with Gasteiger partial charge in [-0.2, -0.15) is 0 Å². The Kier molecular flexibility index (Phi) is 5.45. The van der Waals surface area contributed by atoms with Crippen molar-refractivity contribution < 1.29 is 0 Å². The molecule has 0 saturated carbocycles. The largest absolute Gasteiger partial charge is 0.137 e. The molecule has 4 heteroatoms. The fourth-order valence-electron chi connectivity index (χ4n) is 0.455. The average Bonchev–Trinajstić information content (AvgIpc) is 2.50. The van der Waals surface area contributed by atoms with E-state index < -0.39 is 0 Å². The normalized spacial score (nSPS) is 16.6. The smallest absolute Gasteiger partial charge is 0.0553 e. The summed E-state index contributed by atoms with van der Waals surface area (Å²) in [7, 11) is 0. The van der Waals surface area contributed by atoms with Crippen LogP contribution in [0.15, 0.2) is 31.3 Å². The van der Waals surface area contributed by atoms with Gasteiger partial charge in [-0.15, -0.1) is 23.5 Å². The molecule has 11 heavy (non-hydrogen) atoms. The Bertz CT molecular complexity index is 183. The lowest BCUT2D eigenvalue weighted by atomic mass is 11.2. The van der Waals surface area contributed by atoms with Crippen molar-refractivity contribution >= 4 is 47.0 Å². The standard InChI is InChI=1S/C7H8S4/c1-8-2-3-9-6-7-10-4-5-11-7/h2-6H,1H3/b3-2-. The van der Waals surface area contributed by atoms with Gasteiger partial charge in [0.15, 0.2) is 0 Å². The predicted octanol–water partition coefficient (Wildman–Crippen LogP) is 4.30. The van der Waals surface area contributed by atoms with Crippen LogP contribution in [0.25, 0.3) is 0 Å². The summed E-state index contributed by atoms with van der Waals surface area (Å²) >= 11 is 7.02. The van der Waals surface area contributed by atoms with E-state index in [1.165, 1.54) is 4.24 Å². The molecule has 0 fully saturated rings. The Morgan fingerprint density at radius 3 is 2.64 bits per heavy atom. The molecule has 0 aromatic heterocycles. The van der Waals surface area contributed by atoms with E-state index in [9.17, 15) is 0 Å². The Balaban J connectivity index is 2.19. The molecule has 0 atom stereocenters.